The Bertz CT molecular complexity index is 1630. The van der Waals surface area contributed by atoms with Gasteiger partial charge < -0.3 is 25.8 Å². The van der Waals surface area contributed by atoms with Gasteiger partial charge in [-0.1, -0.05) is 26.0 Å². The van der Waals surface area contributed by atoms with E-state index in [1.807, 2.05) is 17.8 Å². The van der Waals surface area contributed by atoms with Crippen LogP contribution in [-0.2, 0) is 6.54 Å². The highest BCUT2D eigenvalue weighted by atomic mass is 15.4. The van der Waals surface area contributed by atoms with Gasteiger partial charge in [-0.05, 0) is 86.1 Å². The zero-order chi connectivity index (χ0) is 27.6. The molecule has 1 fully saturated rings. The molecule has 0 bridgehead atoms. The number of hydrogen-bond acceptors (Lipinski definition) is 7. The average Bonchev–Trinajstić information content (AvgIpc) is 3.60. The van der Waals surface area contributed by atoms with E-state index in [-0.39, 0.29) is 0 Å². The summed E-state index contributed by atoms with van der Waals surface area (Å²) in [5.74, 6) is 2.28. The standard InChI is InChI=1S/C31H39N9/c1-20(2)25-19-36-40-29(25)37-30(34-17-22-10-13-33-14-11-22)38-31(40)35-18-26-21(3)6-5-7-28(26)39-15-12-23-16-24(32-4)8-9-27(23)39/h5-9,12,15-16,19-20,22,32-33H,10-11,13-14,17-18H2,1-4H3,(H2,34,35,37,38). The second-order valence-corrected chi connectivity index (χ2v) is 11.1. The van der Waals surface area contributed by atoms with Crippen LogP contribution in [0.4, 0.5) is 17.6 Å². The molecule has 0 spiro atoms. The first-order valence-corrected chi connectivity index (χ1v) is 14.3. The number of aromatic nitrogens is 5. The third-order valence-corrected chi connectivity index (χ3v) is 8.07. The molecule has 0 amide bonds. The normalized spacial score (nSPS) is 14.3. The summed E-state index contributed by atoms with van der Waals surface area (Å²) >= 11 is 0. The number of nitrogens with one attached hydrogen (secondary N) is 4. The molecule has 9 nitrogen and oxygen atoms in total. The lowest BCUT2D eigenvalue weighted by Gasteiger charge is -2.23. The molecule has 0 radical (unpaired) electrons. The lowest BCUT2D eigenvalue weighted by molar-refractivity contribution is 0.389. The first-order valence-electron chi connectivity index (χ1n) is 14.3. The van der Waals surface area contributed by atoms with Crippen molar-refractivity contribution < 1.29 is 0 Å². The molecule has 1 aliphatic heterocycles. The quantitative estimate of drug-likeness (QED) is 0.195. The highest BCUT2D eigenvalue weighted by Gasteiger charge is 2.18. The minimum Gasteiger partial charge on any atom is -0.388 e. The van der Waals surface area contributed by atoms with Crippen LogP contribution in [-0.4, -0.2) is 50.8 Å². The van der Waals surface area contributed by atoms with Crippen LogP contribution in [0.1, 0.15) is 49.3 Å². The molecule has 9 heteroatoms. The highest BCUT2D eigenvalue weighted by molar-refractivity contribution is 5.85. The fraction of sp³-hybridized carbons (Fsp3) is 0.387. The number of nitrogens with zero attached hydrogens (tertiary/aromatic N) is 5. The first-order chi connectivity index (χ1) is 19.5. The van der Waals surface area contributed by atoms with E-state index < -0.39 is 0 Å². The number of anilines is 3. The van der Waals surface area contributed by atoms with Crippen LogP contribution in [0.5, 0.6) is 0 Å². The lowest BCUT2D eigenvalue weighted by Crippen LogP contribution is -2.31. The van der Waals surface area contributed by atoms with Gasteiger partial charge in [0.25, 0.3) is 0 Å². The summed E-state index contributed by atoms with van der Waals surface area (Å²) in [5, 5.41) is 19.7. The number of benzene rings is 2. The van der Waals surface area contributed by atoms with Crippen LogP contribution in [0.2, 0.25) is 0 Å². The molecule has 4 heterocycles. The van der Waals surface area contributed by atoms with Gasteiger partial charge in [0.15, 0.2) is 5.65 Å². The summed E-state index contributed by atoms with van der Waals surface area (Å²) in [5.41, 5.74) is 7.83. The van der Waals surface area contributed by atoms with Gasteiger partial charge in [0, 0.05) is 43.0 Å². The van der Waals surface area contributed by atoms with Gasteiger partial charge >= 0.3 is 0 Å². The summed E-state index contributed by atoms with van der Waals surface area (Å²) < 4.78 is 4.11. The molecule has 2 aromatic carbocycles. The number of piperidine rings is 1. The van der Waals surface area contributed by atoms with Crippen molar-refractivity contribution in [1.82, 2.24) is 29.5 Å². The number of fused-ring (bicyclic) bond motifs is 2. The van der Waals surface area contributed by atoms with Crippen molar-refractivity contribution in [1.29, 1.82) is 0 Å². The van der Waals surface area contributed by atoms with E-state index in [0.29, 0.717) is 30.3 Å². The minimum absolute atomic E-state index is 0.311. The van der Waals surface area contributed by atoms with Gasteiger partial charge in [0.1, 0.15) is 0 Å². The third-order valence-electron chi connectivity index (χ3n) is 8.07. The van der Waals surface area contributed by atoms with Gasteiger partial charge in [-0.3, -0.25) is 0 Å². The first kappa shape index (κ1) is 26.1. The SMILES string of the molecule is CNc1ccc2c(ccn2-c2cccc(C)c2CNc2nc(NCC3CCNCC3)nc3c(C(C)C)cnn23)c1. The zero-order valence-electron chi connectivity index (χ0n) is 23.8. The molecule has 1 aliphatic rings. The number of aryl methyl sites for hydroxylation is 1. The molecule has 6 rings (SSSR count). The van der Waals surface area contributed by atoms with E-state index in [2.05, 4.69) is 100 Å². The zero-order valence-corrected chi connectivity index (χ0v) is 23.8. The lowest BCUT2D eigenvalue weighted by atomic mass is 9.98. The summed E-state index contributed by atoms with van der Waals surface area (Å²) in [4.78, 5) is 9.80. The second-order valence-electron chi connectivity index (χ2n) is 11.1. The smallest absolute Gasteiger partial charge is 0.229 e. The van der Waals surface area contributed by atoms with Crippen molar-refractivity contribution in [3.8, 4) is 5.69 Å². The van der Waals surface area contributed by atoms with Crippen LogP contribution >= 0.6 is 0 Å². The van der Waals surface area contributed by atoms with Crippen molar-refractivity contribution >= 4 is 34.1 Å². The predicted molar refractivity (Wildman–Crippen MR) is 164 cm³/mol. The maximum Gasteiger partial charge on any atom is 0.229 e. The average molecular weight is 538 g/mol. The maximum absolute atomic E-state index is 4.90. The van der Waals surface area contributed by atoms with Gasteiger partial charge in [-0.15, -0.1) is 0 Å². The van der Waals surface area contributed by atoms with E-state index >= 15 is 0 Å². The molecular weight excluding hydrogens is 498 g/mol. The molecule has 0 atom stereocenters. The predicted octanol–water partition coefficient (Wildman–Crippen LogP) is 5.57. The van der Waals surface area contributed by atoms with Gasteiger partial charge in [0.05, 0.1) is 17.4 Å². The van der Waals surface area contributed by atoms with E-state index in [0.717, 1.165) is 42.2 Å². The Morgan fingerprint density at radius 1 is 1.05 bits per heavy atom. The molecule has 0 aliphatic carbocycles. The van der Waals surface area contributed by atoms with E-state index in [1.165, 1.54) is 34.9 Å². The Kier molecular flexibility index (Phi) is 7.30. The molecule has 0 saturated carbocycles. The molecule has 208 valence electrons. The molecular formula is C31H39N9. The van der Waals surface area contributed by atoms with E-state index in [4.69, 9.17) is 9.97 Å². The fourth-order valence-corrected chi connectivity index (χ4v) is 5.63. The van der Waals surface area contributed by atoms with Crippen molar-refractivity contribution in [2.45, 2.75) is 46.1 Å². The van der Waals surface area contributed by atoms with Crippen LogP contribution < -0.4 is 21.3 Å². The van der Waals surface area contributed by atoms with E-state index in [1.54, 1.807) is 0 Å². The second kappa shape index (κ2) is 11.2. The molecule has 4 N–H and O–H groups in total. The molecule has 40 heavy (non-hydrogen) atoms. The Morgan fingerprint density at radius 2 is 1.90 bits per heavy atom. The Labute approximate surface area is 235 Å². The maximum atomic E-state index is 4.90. The van der Waals surface area contributed by atoms with Gasteiger partial charge in [0.2, 0.25) is 11.9 Å². The number of hydrogen-bond donors (Lipinski definition) is 4. The van der Waals surface area contributed by atoms with Crippen LogP contribution in [0.3, 0.4) is 0 Å². The van der Waals surface area contributed by atoms with Gasteiger partial charge in [-0.2, -0.15) is 19.6 Å². The van der Waals surface area contributed by atoms with E-state index in [9.17, 15) is 0 Å². The Hall–Kier alpha value is -4.11. The van der Waals surface area contributed by atoms with Crippen LogP contribution in [0.15, 0.2) is 54.9 Å². The summed E-state index contributed by atoms with van der Waals surface area (Å²) in [7, 11) is 1.95. The highest BCUT2D eigenvalue weighted by Crippen LogP contribution is 2.28. The monoisotopic (exact) mass is 537 g/mol. The third kappa shape index (κ3) is 5.09. The molecule has 0 unspecified atom stereocenters. The topological polar surface area (TPSA) is 96.1 Å². The number of rotatable bonds is 9. The molecule has 3 aromatic heterocycles. The van der Waals surface area contributed by atoms with Crippen molar-refractivity contribution in [2.24, 2.45) is 5.92 Å². The Balaban J connectivity index is 1.32. The summed E-state index contributed by atoms with van der Waals surface area (Å²) in [6.07, 6.45) is 6.41. The molecule has 1 saturated heterocycles. The van der Waals surface area contributed by atoms with Crippen molar-refractivity contribution in [2.75, 3.05) is 42.6 Å². The van der Waals surface area contributed by atoms with Crippen molar-refractivity contribution in [3.63, 3.8) is 0 Å². The summed E-state index contributed by atoms with van der Waals surface area (Å²) in [6, 6.07) is 15.1. The molecule has 5 aromatic rings. The fourth-order valence-electron chi connectivity index (χ4n) is 5.63. The van der Waals surface area contributed by atoms with Gasteiger partial charge in [-0.25, -0.2) is 0 Å². The van der Waals surface area contributed by atoms with Crippen molar-refractivity contribution in [3.05, 3.63) is 71.5 Å². The van der Waals surface area contributed by atoms with Crippen LogP contribution in [0.25, 0.3) is 22.2 Å². The largest absolute Gasteiger partial charge is 0.388 e. The summed E-state index contributed by atoms with van der Waals surface area (Å²) in [6.45, 7) is 10.1. The van der Waals surface area contributed by atoms with Crippen LogP contribution in [0, 0.1) is 12.8 Å². The minimum atomic E-state index is 0.311. The Morgan fingerprint density at radius 3 is 2.70 bits per heavy atom.